The molecule has 0 fully saturated rings. The molecule has 0 aliphatic carbocycles. The predicted octanol–water partition coefficient (Wildman–Crippen LogP) is 2.76. The zero-order chi connectivity index (χ0) is 9.97. The van der Waals surface area contributed by atoms with E-state index in [-0.39, 0.29) is 5.56 Å². The number of hydrogen-bond acceptors (Lipinski definition) is 3. The van der Waals surface area contributed by atoms with E-state index in [1.54, 1.807) is 6.07 Å². The summed E-state index contributed by atoms with van der Waals surface area (Å²) in [5, 5.41) is 1.83. The standard InChI is InChI=1S/C10H6FNOS/c11-9-2-1-7(5-8(9)6-13)10-3-4-14-12-10/h1-6H. The van der Waals surface area contributed by atoms with Crippen LogP contribution in [0.25, 0.3) is 11.3 Å². The molecule has 0 unspecified atom stereocenters. The van der Waals surface area contributed by atoms with Gasteiger partial charge in [-0.3, -0.25) is 4.79 Å². The lowest BCUT2D eigenvalue weighted by molar-refractivity contribution is 0.112. The van der Waals surface area contributed by atoms with Gasteiger partial charge in [-0.2, -0.15) is 4.37 Å². The number of carbonyl (C=O) groups is 1. The van der Waals surface area contributed by atoms with E-state index in [0.717, 1.165) is 11.3 Å². The summed E-state index contributed by atoms with van der Waals surface area (Å²) >= 11 is 1.32. The molecule has 1 aromatic heterocycles. The molecule has 0 amide bonds. The fraction of sp³-hybridized carbons (Fsp3) is 0. The molecule has 0 aliphatic rings. The normalized spacial score (nSPS) is 10.1. The summed E-state index contributed by atoms with van der Waals surface area (Å²) in [5.74, 6) is -0.501. The first-order valence-corrected chi connectivity index (χ1v) is 4.80. The van der Waals surface area contributed by atoms with Crippen LogP contribution < -0.4 is 0 Å². The molecule has 0 radical (unpaired) electrons. The lowest BCUT2D eigenvalue weighted by Crippen LogP contribution is -1.88. The fourth-order valence-corrected chi connectivity index (χ4v) is 1.69. The van der Waals surface area contributed by atoms with Crippen molar-refractivity contribution in [2.24, 2.45) is 0 Å². The van der Waals surface area contributed by atoms with Crippen LogP contribution in [0.1, 0.15) is 10.4 Å². The average Bonchev–Trinajstić information content (AvgIpc) is 2.71. The Bertz CT molecular complexity index is 453. The summed E-state index contributed by atoms with van der Waals surface area (Å²) in [4.78, 5) is 10.5. The van der Waals surface area contributed by atoms with Crippen molar-refractivity contribution in [3.8, 4) is 11.3 Å². The molecule has 0 saturated carbocycles. The van der Waals surface area contributed by atoms with Gasteiger partial charge >= 0.3 is 0 Å². The molecule has 70 valence electrons. The second-order valence-electron chi connectivity index (χ2n) is 2.74. The quantitative estimate of drug-likeness (QED) is 0.709. The van der Waals surface area contributed by atoms with Crippen molar-refractivity contribution in [1.29, 1.82) is 0 Å². The van der Waals surface area contributed by atoms with Gasteiger partial charge in [-0.1, -0.05) is 0 Å². The third-order valence-corrected chi connectivity index (χ3v) is 2.42. The summed E-state index contributed by atoms with van der Waals surface area (Å²) in [5.41, 5.74) is 1.59. The first kappa shape index (κ1) is 9.02. The van der Waals surface area contributed by atoms with Crippen molar-refractivity contribution in [1.82, 2.24) is 4.37 Å². The van der Waals surface area contributed by atoms with Crippen LogP contribution in [0.15, 0.2) is 29.6 Å². The molecule has 0 N–H and O–H groups in total. The van der Waals surface area contributed by atoms with Gasteiger partial charge in [0.1, 0.15) is 5.82 Å². The number of halogens is 1. The number of aldehydes is 1. The molecule has 2 aromatic rings. The maximum absolute atomic E-state index is 13.0. The van der Waals surface area contributed by atoms with Crippen LogP contribution >= 0.6 is 11.5 Å². The summed E-state index contributed by atoms with van der Waals surface area (Å²) < 4.78 is 17.1. The van der Waals surface area contributed by atoms with Crippen LogP contribution in [-0.4, -0.2) is 10.7 Å². The van der Waals surface area contributed by atoms with Crippen molar-refractivity contribution in [3.63, 3.8) is 0 Å². The summed E-state index contributed by atoms with van der Waals surface area (Å²) in [6.07, 6.45) is 0.505. The van der Waals surface area contributed by atoms with Crippen LogP contribution in [-0.2, 0) is 0 Å². The van der Waals surface area contributed by atoms with Gasteiger partial charge in [-0.05, 0) is 35.8 Å². The first-order chi connectivity index (χ1) is 6.81. The Labute approximate surface area is 84.2 Å². The summed E-state index contributed by atoms with van der Waals surface area (Å²) in [6, 6.07) is 6.21. The van der Waals surface area contributed by atoms with Gasteiger partial charge in [0.15, 0.2) is 6.29 Å². The third kappa shape index (κ3) is 1.56. The second kappa shape index (κ2) is 3.67. The third-order valence-electron chi connectivity index (χ3n) is 1.86. The summed E-state index contributed by atoms with van der Waals surface area (Å²) in [6.45, 7) is 0. The van der Waals surface area contributed by atoms with Crippen molar-refractivity contribution in [2.45, 2.75) is 0 Å². The minimum atomic E-state index is -0.501. The Hall–Kier alpha value is -1.55. The minimum absolute atomic E-state index is 0.0653. The maximum atomic E-state index is 13.0. The van der Waals surface area contributed by atoms with Gasteiger partial charge in [-0.15, -0.1) is 0 Å². The number of carbonyl (C=O) groups excluding carboxylic acids is 1. The van der Waals surface area contributed by atoms with Crippen LogP contribution in [0.2, 0.25) is 0 Å². The van der Waals surface area contributed by atoms with Crippen LogP contribution in [0.5, 0.6) is 0 Å². The molecule has 0 bridgehead atoms. The second-order valence-corrected chi connectivity index (χ2v) is 3.40. The van der Waals surface area contributed by atoms with Crippen molar-refractivity contribution >= 4 is 17.8 Å². The van der Waals surface area contributed by atoms with E-state index in [1.165, 1.54) is 23.7 Å². The van der Waals surface area contributed by atoms with E-state index in [9.17, 15) is 9.18 Å². The highest BCUT2D eigenvalue weighted by Gasteiger charge is 2.05. The number of nitrogens with zero attached hydrogens (tertiary/aromatic N) is 1. The van der Waals surface area contributed by atoms with Gasteiger partial charge < -0.3 is 0 Å². The Morgan fingerprint density at radius 3 is 2.86 bits per heavy atom. The monoisotopic (exact) mass is 207 g/mol. The van der Waals surface area contributed by atoms with Gasteiger partial charge in [-0.25, -0.2) is 4.39 Å². The van der Waals surface area contributed by atoms with Gasteiger partial charge in [0.05, 0.1) is 11.3 Å². The molecular formula is C10H6FNOS. The minimum Gasteiger partial charge on any atom is -0.298 e. The maximum Gasteiger partial charge on any atom is 0.153 e. The van der Waals surface area contributed by atoms with E-state index in [0.29, 0.717) is 6.29 Å². The van der Waals surface area contributed by atoms with E-state index in [1.807, 2.05) is 11.4 Å². The van der Waals surface area contributed by atoms with Crippen molar-refractivity contribution in [3.05, 3.63) is 41.0 Å². The molecule has 14 heavy (non-hydrogen) atoms. The molecule has 0 saturated heterocycles. The molecule has 0 atom stereocenters. The van der Waals surface area contributed by atoms with E-state index in [2.05, 4.69) is 4.37 Å². The molecule has 1 heterocycles. The Morgan fingerprint density at radius 2 is 2.21 bits per heavy atom. The average molecular weight is 207 g/mol. The SMILES string of the molecule is O=Cc1cc(-c2ccsn2)ccc1F. The lowest BCUT2D eigenvalue weighted by atomic mass is 10.1. The molecule has 0 aliphatic heterocycles. The number of aromatic nitrogens is 1. The Morgan fingerprint density at radius 1 is 1.36 bits per heavy atom. The lowest BCUT2D eigenvalue weighted by Gasteiger charge is -1.98. The van der Waals surface area contributed by atoms with E-state index < -0.39 is 5.82 Å². The zero-order valence-corrected chi connectivity index (χ0v) is 7.92. The smallest absolute Gasteiger partial charge is 0.153 e. The molecule has 1 aromatic carbocycles. The molecule has 2 rings (SSSR count). The molecular weight excluding hydrogens is 201 g/mol. The number of benzene rings is 1. The van der Waals surface area contributed by atoms with Crippen LogP contribution in [0.4, 0.5) is 4.39 Å². The topological polar surface area (TPSA) is 30.0 Å². The van der Waals surface area contributed by atoms with Crippen LogP contribution in [0, 0.1) is 5.82 Å². The van der Waals surface area contributed by atoms with Gasteiger partial charge in [0.2, 0.25) is 0 Å². The number of rotatable bonds is 2. The van der Waals surface area contributed by atoms with Gasteiger partial charge in [0.25, 0.3) is 0 Å². The molecule has 0 spiro atoms. The highest BCUT2D eigenvalue weighted by atomic mass is 32.1. The predicted molar refractivity (Wildman–Crippen MR) is 52.9 cm³/mol. The van der Waals surface area contributed by atoms with E-state index >= 15 is 0 Å². The van der Waals surface area contributed by atoms with Crippen molar-refractivity contribution < 1.29 is 9.18 Å². The fourth-order valence-electron chi connectivity index (χ4n) is 1.15. The zero-order valence-electron chi connectivity index (χ0n) is 7.11. The van der Waals surface area contributed by atoms with Gasteiger partial charge in [0, 0.05) is 10.9 Å². The molecule has 2 nitrogen and oxygen atoms in total. The number of hydrogen-bond donors (Lipinski definition) is 0. The molecule has 4 heteroatoms. The van der Waals surface area contributed by atoms with Crippen LogP contribution in [0.3, 0.4) is 0 Å². The largest absolute Gasteiger partial charge is 0.298 e. The van der Waals surface area contributed by atoms with Crippen molar-refractivity contribution in [2.75, 3.05) is 0 Å². The summed E-state index contributed by atoms with van der Waals surface area (Å²) in [7, 11) is 0. The van der Waals surface area contributed by atoms with E-state index in [4.69, 9.17) is 0 Å². The Balaban J connectivity index is 2.51. The first-order valence-electron chi connectivity index (χ1n) is 3.97. The highest BCUT2D eigenvalue weighted by molar-refractivity contribution is 7.03. The highest BCUT2D eigenvalue weighted by Crippen LogP contribution is 2.20. The Kier molecular flexibility index (Phi) is 2.37.